The molecule has 0 aromatic rings. The maximum absolute atomic E-state index is 5.83. The molecule has 0 atom stereocenters. The van der Waals surface area contributed by atoms with Crippen molar-refractivity contribution in [2.75, 3.05) is 93.5 Å². The topological polar surface area (TPSA) is 73.8 Å². The number of halogens is 2. The number of rotatable bonds is 23. The molecule has 0 saturated carbocycles. The summed E-state index contributed by atoms with van der Waals surface area (Å²) in [6, 6.07) is 0.734. The molecule has 0 saturated heterocycles. The molecule has 0 rings (SSSR count). The minimum absolute atomic E-state index is 0.414. The normalized spacial score (nSPS) is 11.8. The Kier molecular flexibility index (Phi) is 24.2. The van der Waals surface area contributed by atoms with E-state index in [9.17, 15) is 0 Å². The zero-order chi connectivity index (χ0) is 20.7. The number of hydrogen-bond acceptors (Lipinski definition) is 8. The molecule has 0 aliphatic carbocycles. The van der Waals surface area contributed by atoms with Crippen molar-refractivity contribution in [2.24, 2.45) is 0 Å². The van der Waals surface area contributed by atoms with Crippen LogP contribution in [0.1, 0.15) is 6.42 Å². The van der Waals surface area contributed by atoms with Crippen LogP contribution in [0.15, 0.2) is 0 Å². The average Bonchev–Trinajstić information content (AvgIpc) is 2.68. The van der Waals surface area contributed by atoms with Gasteiger partial charge in [0.15, 0.2) is 0 Å². The molecule has 11 heteroatoms. The highest BCUT2D eigenvalue weighted by atomic mass is 35.5. The third-order valence-corrected chi connectivity index (χ3v) is 5.75. The standard InChI is InChI=1S/C17H36Cl2O8Si/c1-20-4-6-22-8-10-24-12-14-26-28(16-3-17(18)19)27-15-13-25-11-9-23-7-5-21-2/h17,28H,3-16H2,1-2H3. The van der Waals surface area contributed by atoms with Crippen molar-refractivity contribution in [2.45, 2.75) is 17.3 Å². The van der Waals surface area contributed by atoms with Crippen LogP contribution in [0.3, 0.4) is 0 Å². The second kappa shape index (κ2) is 23.8. The van der Waals surface area contributed by atoms with Gasteiger partial charge in [0.25, 0.3) is 0 Å². The second-order valence-corrected chi connectivity index (χ2v) is 8.95. The summed E-state index contributed by atoms with van der Waals surface area (Å²) < 4.78 is 43.0. The van der Waals surface area contributed by atoms with Gasteiger partial charge in [0, 0.05) is 14.2 Å². The molecule has 0 aliphatic heterocycles. The highest BCUT2D eigenvalue weighted by Crippen LogP contribution is 2.13. The molecule has 0 heterocycles. The Morgan fingerprint density at radius 3 is 1.29 bits per heavy atom. The largest absolute Gasteiger partial charge is 0.394 e. The average molecular weight is 467 g/mol. The molecule has 170 valence electrons. The van der Waals surface area contributed by atoms with Crippen molar-refractivity contribution in [3.63, 3.8) is 0 Å². The first-order valence-electron chi connectivity index (χ1n) is 9.50. The zero-order valence-corrected chi connectivity index (χ0v) is 19.7. The maximum atomic E-state index is 5.83. The molecule has 0 radical (unpaired) electrons. The van der Waals surface area contributed by atoms with Gasteiger partial charge in [0.05, 0.1) is 79.3 Å². The van der Waals surface area contributed by atoms with Crippen LogP contribution in [0.2, 0.25) is 6.04 Å². The molecule has 0 fully saturated rings. The SMILES string of the molecule is COCCOCCOCCO[SiH](CCC(Cl)Cl)OCCOCCOCCOC. The van der Waals surface area contributed by atoms with Gasteiger partial charge in [-0.25, -0.2) is 0 Å². The van der Waals surface area contributed by atoms with Crippen LogP contribution >= 0.6 is 23.2 Å². The van der Waals surface area contributed by atoms with E-state index >= 15 is 0 Å². The van der Waals surface area contributed by atoms with Crippen molar-refractivity contribution in [3.05, 3.63) is 0 Å². The molecule has 0 aliphatic rings. The van der Waals surface area contributed by atoms with Crippen molar-refractivity contribution in [1.82, 2.24) is 0 Å². The van der Waals surface area contributed by atoms with Gasteiger partial charge in [0.2, 0.25) is 0 Å². The van der Waals surface area contributed by atoms with Crippen LogP contribution in [-0.2, 0) is 37.3 Å². The predicted octanol–water partition coefficient (Wildman–Crippen LogP) is 1.79. The fraction of sp³-hybridized carbons (Fsp3) is 1.00. The molecular formula is C17H36Cl2O8Si. The molecule has 0 spiro atoms. The van der Waals surface area contributed by atoms with Crippen LogP contribution in [0, 0.1) is 0 Å². The lowest BCUT2D eigenvalue weighted by Gasteiger charge is -2.17. The highest BCUT2D eigenvalue weighted by Gasteiger charge is 2.15. The van der Waals surface area contributed by atoms with Crippen LogP contribution in [0.4, 0.5) is 0 Å². The summed E-state index contributed by atoms with van der Waals surface area (Å²) in [5.41, 5.74) is 0. The van der Waals surface area contributed by atoms with Crippen molar-refractivity contribution >= 4 is 32.5 Å². The predicted molar refractivity (Wildman–Crippen MR) is 111 cm³/mol. The summed E-state index contributed by atoms with van der Waals surface area (Å²) in [5.74, 6) is 0. The maximum Gasteiger partial charge on any atom is 0.321 e. The fourth-order valence-electron chi connectivity index (χ4n) is 1.88. The van der Waals surface area contributed by atoms with E-state index in [1.807, 2.05) is 0 Å². The Balaban J connectivity index is 3.65. The van der Waals surface area contributed by atoms with E-state index in [0.29, 0.717) is 85.7 Å². The first-order chi connectivity index (χ1) is 13.7. The quantitative estimate of drug-likeness (QED) is 0.128. The van der Waals surface area contributed by atoms with E-state index in [2.05, 4.69) is 0 Å². The van der Waals surface area contributed by atoms with Gasteiger partial charge >= 0.3 is 9.28 Å². The van der Waals surface area contributed by atoms with Gasteiger partial charge in [-0.05, 0) is 12.5 Å². The Morgan fingerprint density at radius 1 is 0.571 bits per heavy atom. The van der Waals surface area contributed by atoms with Crippen LogP contribution < -0.4 is 0 Å². The Hall–Kier alpha value is 0.477. The summed E-state index contributed by atoms with van der Waals surface area (Å²) in [6.45, 7) is 6.33. The lowest BCUT2D eigenvalue weighted by molar-refractivity contribution is 0.00965. The summed E-state index contributed by atoms with van der Waals surface area (Å²) >= 11 is 11.6. The minimum Gasteiger partial charge on any atom is -0.394 e. The first-order valence-corrected chi connectivity index (χ1v) is 12.1. The third kappa shape index (κ3) is 22.8. The van der Waals surface area contributed by atoms with Gasteiger partial charge in [-0.1, -0.05) is 0 Å². The van der Waals surface area contributed by atoms with Crippen LogP contribution in [-0.4, -0.2) is 108 Å². The molecule has 0 amide bonds. The highest BCUT2D eigenvalue weighted by molar-refractivity contribution is 6.47. The Bertz CT molecular complexity index is 284. The molecule has 0 aromatic heterocycles. The van der Waals surface area contributed by atoms with E-state index in [4.69, 9.17) is 60.5 Å². The molecule has 0 aromatic carbocycles. The zero-order valence-electron chi connectivity index (χ0n) is 17.1. The van der Waals surface area contributed by atoms with Crippen LogP contribution in [0.25, 0.3) is 0 Å². The van der Waals surface area contributed by atoms with Crippen LogP contribution in [0.5, 0.6) is 0 Å². The van der Waals surface area contributed by atoms with E-state index in [0.717, 1.165) is 6.04 Å². The van der Waals surface area contributed by atoms with Crippen molar-refractivity contribution < 1.29 is 37.3 Å². The first kappa shape index (κ1) is 28.5. The molecule has 0 bridgehead atoms. The number of methoxy groups -OCH3 is 2. The summed E-state index contributed by atoms with van der Waals surface area (Å²) in [6.07, 6.45) is 0.641. The second-order valence-electron chi connectivity index (χ2n) is 5.57. The van der Waals surface area contributed by atoms with Gasteiger partial charge in [-0.15, -0.1) is 23.2 Å². The summed E-state index contributed by atoms with van der Waals surface area (Å²) in [7, 11) is 1.42. The van der Waals surface area contributed by atoms with Gasteiger partial charge in [-0.3, -0.25) is 0 Å². The number of alkyl halides is 2. The van der Waals surface area contributed by atoms with E-state index < -0.39 is 14.1 Å². The van der Waals surface area contributed by atoms with Crippen molar-refractivity contribution in [3.8, 4) is 0 Å². The number of ether oxygens (including phenoxy) is 6. The van der Waals surface area contributed by atoms with Gasteiger partial charge < -0.3 is 37.3 Å². The summed E-state index contributed by atoms with van der Waals surface area (Å²) in [4.78, 5) is -0.414. The fourth-order valence-corrected chi connectivity index (χ4v) is 4.31. The number of hydrogen-bond donors (Lipinski definition) is 0. The third-order valence-electron chi connectivity index (χ3n) is 3.29. The Labute approximate surface area is 180 Å². The van der Waals surface area contributed by atoms with E-state index in [1.54, 1.807) is 14.2 Å². The van der Waals surface area contributed by atoms with Gasteiger partial charge in [-0.2, -0.15) is 0 Å². The van der Waals surface area contributed by atoms with Gasteiger partial charge in [0.1, 0.15) is 4.84 Å². The smallest absolute Gasteiger partial charge is 0.321 e. The monoisotopic (exact) mass is 466 g/mol. The Morgan fingerprint density at radius 2 is 0.929 bits per heavy atom. The molecule has 0 unspecified atom stereocenters. The summed E-state index contributed by atoms with van der Waals surface area (Å²) in [5, 5.41) is 0. The molecule has 8 nitrogen and oxygen atoms in total. The minimum atomic E-state index is -1.86. The van der Waals surface area contributed by atoms with E-state index in [-0.39, 0.29) is 0 Å². The molecule has 28 heavy (non-hydrogen) atoms. The molecule has 0 N–H and O–H groups in total. The van der Waals surface area contributed by atoms with Crippen molar-refractivity contribution in [1.29, 1.82) is 0 Å². The lowest BCUT2D eigenvalue weighted by atomic mass is 10.6. The van der Waals surface area contributed by atoms with E-state index in [1.165, 1.54) is 0 Å². The lowest BCUT2D eigenvalue weighted by Crippen LogP contribution is -2.27. The molecular weight excluding hydrogens is 431 g/mol.